The zero-order chi connectivity index (χ0) is 19.3. The second-order valence-electron chi connectivity index (χ2n) is 6.34. The lowest BCUT2D eigenvalue weighted by Gasteiger charge is -2.07. The molecule has 3 rings (SSSR count). The number of halogens is 1. The summed E-state index contributed by atoms with van der Waals surface area (Å²) in [5.74, 6) is -0.125. The van der Waals surface area contributed by atoms with Gasteiger partial charge in [-0.25, -0.2) is 12.8 Å². The average molecular weight is 387 g/mol. The number of hydrogen-bond donors (Lipinski definition) is 1. The van der Waals surface area contributed by atoms with Crippen LogP contribution in [-0.2, 0) is 23.0 Å². The lowest BCUT2D eigenvalue weighted by molar-refractivity contribution is 0.585. The molecule has 0 spiro atoms. The number of anilines is 1. The summed E-state index contributed by atoms with van der Waals surface area (Å²) in [4.78, 5) is 0.186. The first-order valence-corrected chi connectivity index (χ1v) is 10.3. The zero-order valence-electron chi connectivity index (χ0n) is 15.1. The standard InChI is InChI=1S/C20H22FN3O2S/c1-2-3-6-16-9-11-18(12-10-16)27(25,26)23-20-13-14-24(22-20)15-17-7-4-5-8-19(17)21/h4-5,7-14H,2-3,6,15H2,1H3,(H,22,23). The maximum absolute atomic E-state index is 13.7. The summed E-state index contributed by atoms with van der Waals surface area (Å²) in [7, 11) is -3.72. The van der Waals surface area contributed by atoms with Crippen LogP contribution in [0.4, 0.5) is 10.2 Å². The Hall–Kier alpha value is -2.67. The molecule has 3 aromatic rings. The fraction of sp³-hybridized carbons (Fsp3) is 0.250. The summed E-state index contributed by atoms with van der Waals surface area (Å²) >= 11 is 0. The third kappa shape index (κ3) is 4.95. The number of sulfonamides is 1. The molecular formula is C20H22FN3O2S. The third-order valence-electron chi connectivity index (χ3n) is 4.22. The summed E-state index contributed by atoms with van der Waals surface area (Å²) in [6.07, 6.45) is 4.71. The molecule has 0 atom stereocenters. The van der Waals surface area contributed by atoms with Crippen molar-refractivity contribution in [1.29, 1.82) is 0 Å². The molecule has 7 heteroatoms. The molecule has 1 N–H and O–H groups in total. The van der Waals surface area contributed by atoms with Crippen molar-refractivity contribution in [3.8, 4) is 0 Å². The molecule has 0 saturated heterocycles. The number of rotatable bonds is 8. The number of nitrogens with zero attached hydrogens (tertiary/aromatic N) is 2. The molecule has 1 aromatic heterocycles. The van der Waals surface area contributed by atoms with Gasteiger partial charge in [-0.15, -0.1) is 0 Å². The number of unbranched alkanes of at least 4 members (excludes halogenated alkanes) is 1. The van der Waals surface area contributed by atoms with Gasteiger partial charge in [-0.2, -0.15) is 5.10 Å². The smallest absolute Gasteiger partial charge is 0.263 e. The second-order valence-corrected chi connectivity index (χ2v) is 8.03. The van der Waals surface area contributed by atoms with E-state index in [4.69, 9.17) is 0 Å². The van der Waals surface area contributed by atoms with Crippen LogP contribution in [0, 0.1) is 5.82 Å². The summed E-state index contributed by atoms with van der Waals surface area (Å²) in [6, 6.07) is 14.8. The molecule has 27 heavy (non-hydrogen) atoms. The second kappa shape index (κ2) is 8.35. The van der Waals surface area contributed by atoms with Crippen LogP contribution in [0.2, 0.25) is 0 Å². The van der Waals surface area contributed by atoms with E-state index in [1.54, 1.807) is 42.6 Å². The van der Waals surface area contributed by atoms with Gasteiger partial charge in [-0.1, -0.05) is 43.7 Å². The molecular weight excluding hydrogens is 365 g/mol. The molecule has 142 valence electrons. The maximum Gasteiger partial charge on any atom is 0.263 e. The Morgan fingerprint density at radius 3 is 2.52 bits per heavy atom. The van der Waals surface area contributed by atoms with Gasteiger partial charge < -0.3 is 0 Å². The van der Waals surface area contributed by atoms with Crippen LogP contribution < -0.4 is 4.72 Å². The fourth-order valence-corrected chi connectivity index (χ4v) is 3.71. The van der Waals surface area contributed by atoms with Crippen molar-refractivity contribution >= 4 is 15.8 Å². The molecule has 0 radical (unpaired) electrons. The predicted octanol–water partition coefficient (Wildman–Crippen LogP) is 4.21. The van der Waals surface area contributed by atoms with Crippen molar-refractivity contribution in [2.24, 2.45) is 0 Å². The molecule has 2 aromatic carbocycles. The van der Waals surface area contributed by atoms with Gasteiger partial charge >= 0.3 is 0 Å². The highest BCUT2D eigenvalue weighted by atomic mass is 32.2. The van der Waals surface area contributed by atoms with E-state index in [1.807, 2.05) is 12.1 Å². The van der Waals surface area contributed by atoms with E-state index in [-0.39, 0.29) is 23.1 Å². The highest BCUT2D eigenvalue weighted by Gasteiger charge is 2.15. The van der Waals surface area contributed by atoms with Gasteiger partial charge in [0.15, 0.2) is 5.82 Å². The molecule has 0 aliphatic rings. The van der Waals surface area contributed by atoms with E-state index in [0.29, 0.717) is 5.56 Å². The van der Waals surface area contributed by atoms with Crippen molar-refractivity contribution < 1.29 is 12.8 Å². The predicted molar refractivity (Wildman–Crippen MR) is 104 cm³/mol. The van der Waals surface area contributed by atoms with Gasteiger partial charge in [0.1, 0.15) is 5.82 Å². The van der Waals surface area contributed by atoms with E-state index in [0.717, 1.165) is 24.8 Å². The summed E-state index contributed by atoms with van der Waals surface area (Å²) in [6.45, 7) is 2.34. The van der Waals surface area contributed by atoms with Crippen molar-refractivity contribution in [3.63, 3.8) is 0 Å². The number of aryl methyl sites for hydroxylation is 1. The van der Waals surface area contributed by atoms with Crippen molar-refractivity contribution in [2.75, 3.05) is 4.72 Å². The Bertz CT molecular complexity index is 998. The van der Waals surface area contributed by atoms with Gasteiger partial charge in [0.05, 0.1) is 11.4 Å². The fourth-order valence-electron chi connectivity index (χ4n) is 2.72. The molecule has 0 saturated carbocycles. The lowest BCUT2D eigenvalue weighted by Crippen LogP contribution is -2.14. The number of aromatic nitrogens is 2. The van der Waals surface area contributed by atoms with Crippen LogP contribution >= 0.6 is 0 Å². The molecule has 0 amide bonds. The van der Waals surface area contributed by atoms with Crippen LogP contribution in [0.3, 0.4) is 0 Å². The minimum Gasteiger partial charge on any atom is -0.266 e. The van der Waals surface area contributed by atoms with Crippen LogP contribution in [0.5, 0.6) is 0 Å². The molecule has 1 heterocycles. The van der Waals surface area contributed by atoms with E-state index >= 15 is 0 Å². The van der Waals surface area contributed by atoms with Crippen molar-refractivity contribution in [3.05, 3.63) is 77.7 Å². The van der Waals surface area contributed by atoms with E-state index in [1.165, 1.54) is 10.7 Å². The summed E-state index contributed by atoms with van der Waals surface area (Å²) in [5, 5.41) is 4.18. The molecule has 0 aliphatic carbocycles. The van der Waals surface area contributed by atoms with Crippen LogP contribution in [0.15, 0.2) is 65.7 Å². The Labute approximate surface area is 158 Å². The zero-order valence-corrected chi connectivity index (χ0v) is 15.9. The van der Waals surface area contributed by atoms with Gasteiger partial charge in [0.2, 0.25) is 0 Å². The van der Waals surface area contributed by atoms with E-state index in [2.05, 4.69) is 16.7 Å². The molecule has 5 nitrogen and oxygen atoms in total. The maximum atomic E-state index is 13.7. The van der Waals surface area contributed by atoms with Gasteiger partial charge in [-0.05, 0) is 36.6 Å². The molecule has 0 bridgehead atoms. The first kappa shape index (κ1) is 19.1. The SMILES string of the molecule is CCCCc1ccc(S(=O)(=O)Nc2ccn(Cc3ccccc3F)n2)cc1. The average Bonchev–Trinajstić information content (AvgIpc) is 3.08. The van der Waals surface area contributed by atoms with Crippen molar-refractivity contribution in [1.82, 2.24) is 9.78 Å². The monoisotopic (exact) mass is 387 g/mol. The molecule has 0 aliphatic heterocycles. The largest absolute Gasteiger partial charge is 0.266 e. The third-order valence-corrected chi connectivity index (χ3v) is 5.59. The summed E-state index contributed by atoms with van der Waals surface area (Å²) in [5.41, 5.74) is 1.60. The van der Waals surface area contributed by atoms with Crippen molar-refractivity contribution in [2.45, 2.75) is 37.6 Å². The van der Waals surface area contributed by atoms with Gasteiger partial charge in [0.25, 0.3) is 10.0 Å². The quantitative estimate of drug-likeness (QED) is 0.630. The Kier molecular flexibility index (Phi) is 5.91. The minimum atomic E-state index is -3.72. The number of nitrogens with one attached hydrogen (secondary N) is 1. The van der Waals surface area contributed by atoms with E-state index in [9.17, 15) is 12.8 Å². The first-order valence-electron chi connectivity index (χ1n) is 8.86. The van der Waals surface area contributed by atoms with Crippen LogP contribution in [-0.4, -0.2) is 18.2 Å². The minimum absolute atomic E-state index is 0.186. The highest BCUT2D eigenvalue weighted by molar-refractivity contribution is 7.92. The van der Waals surface area contributed by atoms with Crippen LogP contribution in [0.25, 0.3) is 0 Å². The number of hydrogen-bond acceptors (Lipinski definition) is 3. The Balaban J connectivity index is 1.69. The van der Waals surface area contributed by atoms with Gasteiger partial charge in [-0.3, -0.25) is 9.40 Å². The first-order chi connectivity index (χ1) is 13.0. The molecule has 0 fully saturated rings. The normalized spacial score (nSPS) is 11.5. The van der Waals surface area contributed by atoms with Crippen LogP contribution in [0.1, 0.15) is 30.9 Å². The Morgan fingerprint density at radius 2 is 1.81 bits per heavy atom. The van der Waals surface area contributed by atoms with E-state index < -0.39 is 10.0 Å². The lowest BCUT2D eigenvalue weighted by atomic mass is 10.1. The molecule has 0 unspecified atom stereocenters. The topological polar surface area (TPSA) is 64.0 Å². The number of benzene rings is 2. The highest BCUT2D eigenvalue weighted by Crippen LogP contribution is 2.17. The van der Waals surface area contributed by atoms with Gasteiger partial charge in [0, 0.05) is 17.8 Å². The Morgan fingerprint density at radius 1 is 1.07 bits per heavy atom. The summed E-state index contributed by atoms with van der Waals surface area (Å²) < 4.78 is 42.7.